The van der Waals surface area contributed by atoms with Crippen LogP contribution in [0.25, 0.3) is 44.6 Å². The number of nitrogens with one attached hydrogen (secondary N) is 1. The monoisotopic (exact) mass is 595 g/mol. The molecule has 10 heteroatoms. The largest absolute Gasteiger partial charge is 0.370 e. The zero-order valence-electron chi connectivity index (χ0n) is 24.7. The number of aromatic amines is 1. The molecule has 0 saturated carbocycles. The number of hydrogen-bond acceptors (Lipinski definition) is 5. The van der Waals surface area contributed by atoms with Crippen LogP contribution in [0.4, 0.5) is 18.9 Å². The molecule has 1 fully saturated rings. The summed E-state index contributed by atoms with van der Waals surface area (Å²) >= 11 is 0. The summed E-state index contributed by atoms with van der Waals surface area (Å²) in [5, 5.41) is 0.804. The maximum absolute atomic E-state index is 14.8. The molecule has 0 aliphatic carbocycles. The topological polar surface area (TPSA) is 88.7 Å². The number of piperidine rings is 1. The highest BCUT2D eigenvalue weighted by Gasteiger charge is 2.28. The Bertz CT molecular complexity index is 1960. The van der Waals surface area contributed by atoms with Crippen molar-refractivity contribution in [2.24, 2.45) is 5.73 Å². The van der Waals surface area contributed by atoms with Gasteiger partial charge in [0.1, 0.15) is 17.3 Å². The lowest BCUT2D eigenvalue weighted by atomic mass is 9.97. The number of hydrogen-bond donors (Lipinski definition) is 2. The number of fused-ring (bicyclic) bond motifs is 2. The van der Waals surface area contributed by atoms with Gasteiger partial charge in [-0.2, -0.15) is 0 Å². The number of nitrogens with zero attached hydrogens (tertiary/aromatic N) is 5. The van der Waals surface area contributed by atoms with Crippen molar-refractivity contribution in [2.45, 2.75) is 45.7 Å². The fraction of sp³-hybridized carbons (Fsp3) is 0.265. The maximum atomic E-state index is 14.8. The smallest absolute Gasteiger partial charge is 0.161 e. The molecule has 3 N–H and O–H groups in total. The summed E-state index contributed by atoms with van der Waals surface area (Å²) in [5.41, 5.74) is 13.5. The van der Waals surface area contributed by atoms with E-state index >= 15 is 0 Å². The Hall–Kier alpha value is -4.70. The van der Waals surface area contributed by atoms with Crippen LogP contribution in [-0.4, -0.2) is 43.6 Å². The molecule has 5 heterocycles. The average Bonchev–Trinajstić information content (AvgIpc) is 3.58. The number of H-pyrrole nitrogens is 1. The molecule has 0 spiro atoms. The van der Waals surface area contributed by atoms with E-state index in [-0.39, 0.29) is 17.9 Å². The summed E-state index contributed by atoms with van der Waals surface area (Å²) in [5.74, 6) is -1.80. The van der Waals surface area contributed by atoms with Crippen LogP contribution in [0.3, 0.4) is 0 Å². The third-order valence-electron chi connectivity index (χ3n) is 8.58. The molecule has 1 aliphatic heterocycles. The van der Waals surface area contributed by atoms with Gasteiger partial charge in [0.05, 0.1) is 33.8 Å². The number of benzene rings is 2. The maximum Gasteiger partial charge on any atom is 0.161 e. The van der Waals surface area contributed by atoms with Crippen LogP contribution in [0.2, 0.25) is 0 Å². The normalized spacial score (nSPS) is 15.0. The molecule has 4 aromatic heterocycles. The Morgan fingerprint density at radius 2 is 1.68 bits per heavy atom. The van der Waals surface area contributed by atoms with E-state index in [1.54, 1.807) is 6.20 Å². The number of aryl methyl sites for hydroxylation is 2. The summed E-state index contributed by atoms with van der Waals surface area (Å²) in [6.07, 6.45) is 7.21. The van der Waals surface area contributed by atoms with Crippen LogP contribution >= 0.6 is 0 Å². The van der Waals surface area contributed by atoms with Crippen molar-refractivity contribution in [2.75, 3.05) is 18.0 Å². The zero-order chi connectivity index (χ0) is 30.7. The van der Waals surface area contributed by atoms with Crippen LogP contribution in [0.15, 0.2) is 61.1 Å². The summed E-state index contributed by atoms with van der Waals surface area (Å²) in [6.45, 7) is 7.32. The van der Waals surface area contributed by atoms with Crippen LogP contribution in [0, 0.1) is 31.3 Å². The van der Waals surface area contributed by atoms with Gasteiger partial charge in [0, 0.05) is 61.0 Å². The highest BCUT2D eigenvalue weighted by molar-refractivity contribution is 6.08. The quantitative estimate of drug-likeness (QED) is 0.220. The van der Waals surface area contributed by atoms with Gasteiger partial charge in [-0.05, 0) is 68.5 Å². The fourth-order valence-corrected chi connectivity index (χ4v) is 6.23. The molecule has 7 nitrogen and oxygen atoms in total. The van der Waals surface area contributed by atoms with Gasteiger partial charge in [-0.25, -0.2) is 23.1 Å². The van der Waals surface area contributed by atoms with Gasteiger partial charge >= 0.3 is 0 Å². The number of nitrogens with two attached hydrogens (primary N) is 1. The first-order chi connectivity index (χ1) is 21.2. The molecule has 1 aliphatic rings. The molecule has 224 valence electrons. The van der Waals surface area contributed by atoms with Crippen LogP contribution < -0.4 is 10.6 Å². The summed E-state index contributed by atoms with van der Waals surface area (Å²) in [4.78, 5) is 19.9. The van der Waals surface area contributed by atoms with E-state index in [4.69, 9.17) is 15.7 Å². The number of pyridine rings is 2. The van der Waals surface area contributed by atoms with Gasteiger partial charge in [0.2, 0.25) is 0 Å². The van der Waals surface area contributed by atoms with Crippen LogP contribution in [0.1, 0.15) is 42.6 Å². The second-order valence-corrected chi connectivity index (χ2v) is 11.8. The molecule has 1 atom stereocenters. The summed E-state index contributed by atoms with van der Waals surface area (Å²) in [7, 11) is 0. The molecular formula is C34H32F3N7. The highest BCUT2D eigenvalue weighted by Crippen LogP contribution is 2.44. The van der Waals surface area contributed by atoms with Crippen molar-refractivity contribution < 1.29 is 13.2 Å². The van der Waals surface area contributed by atoms with Crippen LogP contribution in [-0.2, 0) is 0 Å². The molecule has 1 saturated heterocycles. The van der Waals surface area contributed by atoms with Gasteiger partial charge in [-0.3, -0.25) is 4.98 Å². The van der Waals surface area contributed by atoms with E-state index in [9.17, 15) is 13.2 Å². The molecule has 0 bridgehead atoms. The van der Waals surface area contributed by atoms with E-state index < -0.39 is 11.6 Å². The van der Waals surface area contributed by atoms with Crippen molar-refractivity contribution in [3.05, 3.63) is 95.3 Å². The first kappa shape index (κ1) is 28.1. The third-order valence-corrected chi connectivity index (χ3v) is 8.58. The fourth-order valence-electron chi connectivity index (χ4n) is 6.23. The Kier molecular flexibility index (Phi) is 6.88. The predicted octanol–water partition coefficient (Wildman–Crippen LogP) is 7.21. The molecule has 1 unspecified atom stereocenters. The lowest BCUT2D eigenvalue weighted by Gasteiger charge is -2.34. The second-order valence-electron chi connectivity index (χ2n) is 11.8. The minimum Gasteiger partial charge on any atom is -0.370 e. The Balaban J connectivity index is 1.54. The molecule has 44 heavy (non-hydrogen) atoms. The summed E-state index contributed by atoms with van der Waals surface area (Å²) < 4.78 is 45.2. The number of halogens is 3. The Morgan fingerprint density at radius 3 is 2.41 bits per heavy atom. The van der Waals surface area contributed by atoms with E-state index in [1.165, 1.54) is 12.1 Å². The van der Waals surface area contributed by atoms with Gasteiger partial charge in [0.25, 0.3) is 0 Å². The number of imidazole rings is 1. The minimum atomic E-state index is -0.965. The average molecular weight is 596 g/mol. The molecule has 0 amide bonds. The lowest BCUT2D eigenvalue weighted by molar-refractivity contribution is 0.502. The van der Waals surface area contributed by atoms with Crippen LogP contribution in [0.5, 0.6) is 0 Å². The molecular weight excluding hydrogens is 563 g/mol. The SMILES string of the molecule is Cc1ccc(C(C)n2cc(-c3nc4cc(F)c(F)cc4[nH]3)c3c(N4CCC(N)CC4)c(-c4cc(C)cc(F)c4)cnc32)nc1. The molecule has 7 rings (SSSR count). The predicted molar refractivity (Wildman–Crippen MR) is 167 cm³/mol. The zero-order valence-corrected chi connectivity index (χ0v) is 24.7. The van der Waals surface area contributed by atoms with E-state index in [1.807, 2.05) is 44.4 Å². The van der Waals surface area contributed by atoms with Crippen molar-refractivity contribution in [3.8, 4) is 22.5 Å². The van der Waals surface area contributed by atoms with E-state index in [0.717, 1.165) is 58.4 Å². The van der Waals surface area contributed by atoms with E-state index in [2.05, 4.69) is 26.4 Å². The Labute approximate surface area is 252 Å². The number of rotatable bonds is 5. The van der Waals surface area contributed by atoms with Gasteiger partial charge in [-0.15, -0.1) is 0 Å². The molecule has 2 aromatic carbocycles. The first-order valence-electron chi connectivity index (χ1n) is 14.8. The highest BCUT2D eigenvalue weighted by atomic mass is 19.2. The van der Waals surface area contributed by atoms with Crippen molar-refractivity contribution in [3.63, 3.8) is 0 Å². The Morgan fingerprint density at radius 1 is 0.909 bits per heavy atom. The van der Waals surface area contributed by atoms with Crippen molar-refractivity contribution in [1.82, 2.24) is 24.5 Å². The molecule has 0 radical (unpaired) electrons. The number of anilines is 1. The molecule has 6 aromatic rings. The number of aromatic nitrogens is 5. The second kappa shape index (κ2) is 10.8. The van der Waals surface area contributed by atoms with Gasteiger partial charge in [-0.1, -0.05) is 12.1 Å². The van der Waals surface area contributed by atoms with Crippen molar-refractivity contribution >= 4 is 27.8 Å². The first-order valence-corrected chi connectivity index (χ1v) is 14.8. The lowest BCUT2D eigenvalue weighted by Crippen LogP contribution is -2.40. The van der Waals surface area contributed by atoms with Gasteiger partial charge in [0.15, 0.2) is 11.6 Å². The van der Waals surface area contributed by atoms with E-state index in [0.29, 0.717) is 46.7 Å². The summed E-state index contributed by atoms with van der Waals surface area (Å²) in [6, 6.07) is 11.1. The standard InChI is InChI=1S/C34H32F3N7/c1-18-4-5-28(39-15-18)20(3)44-17-25(33-41-29-13-26(36)27(37)14-30(29)42-33)31-32(43-8-6-23(38)7-9-43)24(16-40-34(31)44)21-10-19(2)11-22(35)12-21/h4-5,10-17,20,23H,6-9,38H2,1-3H3,(H,41,42). The third kappa shape index (κ3) is 4.89. The van der Waals surface area contributed by atoms with Crippen molar-refractivity contribution in [1.29, 1.82) is 0 Å². The minimum absolute atomic E-state index is 0.0975. The van der Waals surface area contributed by atoms with Gasteiger partial charge < -0.3 is 20.2 Å².